The Morgan fingerprint density at radius 3 is 2.42 bits per heavy atom. The minimum atomic E-state index is 0.185. The number of rotatable bonds is 3. The van der Waals surface area contributed by atoms with Gasteiger partial charge in [0.05, 0.1) is 12.7 Å². The molecule has 1 saturated carbocycles. The zero-order valence-electron chi connectivity index (χ0n) is 8.25. The average Bonchev–Trinajstić information content (AvgIpc) is 2.03. The van der Waals surface area contributed by atoms with Crippen LogP contribution in [0.5, 0.6) is 0 Å². The Balaban J connectivity index is 2.09. The molecule has 72 valence electrons. The van der Waals surface area contributed by atoms with E-state index in [0.717, 1.165) is 12.5 Å². The van der Waals surface area contributed by atoms with Crippen LogP contribution in [0.3, 0.4) is 0 Å². The molecule has 12 heavy (non-hydrogen) atoms. The molecular weight excluding hydrogens is 150 g/mol. The fourth-order valence-electron chi connectivity index (χ4n) is 1.68. The van der Waals surface area contributed by atoms with Gasteiger partial charge in [-0.3, -0.25) is 0 Å². The predicted molar refractivity (Wildman–Crippen MR) is 51.0 cm³/mol. The molecule has 0 aromatic rings. The zero-order chi connectivity index (χ0) is 8.97. The first-order valence-corrected chi connectivity index (χ1v) is 5.05. The monoisotopic (exact) mass is 171 g/mol. The van der Waals surface area contributed by atoms with Gasteiger partial charge in [0.25, 0.3) is 0 Å². The van der Waals surface area contributed by atoms with Crippen molar-refractivity contribution >= 4 is 0 Å². The molecule has 0 radical (unpaired) electrons. The van der Waals surface area contributed by atoms with Crippen molar-refractivity contribution < 1.29 is 4.74 Å². The summed E-state index contributed by atoms with van der Waals surface area (Å²) in [6, 6.07) is 0.185. The number of hydrogen-bond acceptors (Lipinski definition) is 2. The molecule has 0 amide bonds. The van der Waals surface area contributed by atoms with Crippen LogP contribution >= 0.6 is 0 Å². The van der Waals surface area contributed by atoms with E-state index in [1.54, 1.807) is 0 Å². The van der Waals surface area contributed by atoms with E-state index in [2.05, 4.69) is 6.92 Å². The standard InChI is InChI=1S/C10H21NO/c1-8-3-5-10(6-4-8)12-7-9(2)11/h8-10H,3-7,11H2,1-2H3. The quantitative estimate of drug-likeness (QED) is 0.704. The van der Waals surface area contributed by atoms with Gasteiger partial charge in [0.1, 0.15) is 0 Å². The van der Waals surface area contributed by atoms with Crippen LogP contribution < -0.4 is 5.73 Å². The van der Waals surface area contributed by atoms with E-state index >= 15 is 0 Å². The average molecular weight is 171 g/mol. The lowest BCUT2D eigenvalue weighted by atomic mass is 9.89. The van der Waals surface area contributed by atoms with Crippen LogP contribution in [-0.2, 0) is 4.74 Å². The largest absolute Gasteiger partial charge is 0.377 e. The van der Waals surface area contributed by atoms with Crippen LogP contribution in [0.15, 0.2) is 0 Å². The number of nitrogens with two attached hydrogens (primary N) is 1. The van der Waals surface area contributed by atoms with E-state index in [1.807, 2.05) is 6.92 Å². The van der Waals surface area contributed by atoms with Crippen LogP contribution in [0.1, 0.15) is 39.5 Å². The zero-order valence-corrected chi connectivity index (χ0v) is 8.25. The molecule has 1 aliphatic rings. The lowest BCUT2D eigenvalue weighted by molar-refractivity contribution is 0.0147. The van der Waals surface area contributed by atoms with E-state index in [0.29, 0.717) is 6.10 Å². The molecule has 1 aliphatic carbocycles. The minimum absolute atomic E-state index is 0.185. The molecule has 2 N–H and O–H groups in total. The summed E-state index contributed by atoms with van der Waals surface area (Å²) in [5, 5.41) is 0. The third-order valence-corrected chi connectivity index (χ3v) is 2.56. The summed E-state index contributed by atoms with van der Waals surface area (Å²) in [6.07, 6.45) is 5.60. The van der Waals surface area contributed by atoms with Crippen molar-refractivity contribution in [2.45, 2.75) is 51.7 Å². The van der Waals surface area contributed by atoms with E-state index in [1.165, 1.54) is 25.7 Å². The maximum Gasteiger partial charge on any atom is 0.0618 e. The molecule has 2 heteroatoms. The van der Waals surface area contributed by atoms with E-state index in [9.17, 15) is 0 Å². The lowest BCUT2D eigenvalue weighted by Crippen LogP contribution is -2.28. The van der Waals surface area contributed by atoms with Crippen LogP contribution in [0.25, 0.3) is 0 Å². The van der Waals surface area contributed by atoms with Crippen molar-refractivity contribution in [2.24, 2.45) is 11.7 Å². The highest BCUT2D eigenvalue weighted by Gasteiger charge is 2.18. The highest BCUT2D eigenvalue weighted by atomic mass is 16.5. The van der Waals surface area contributed by atoms with Crippen molar-refractivity contribution in [1.29, 1.82) is 0 Å². The smallest absolute Gasteiger partial charge is 0.0618 e. The molecule has 0 spiro atoms. The molecule has 1 rings (SSSR count). The van der Waals surface area contributed by atoms with Crippen molar-refractivity contribution in [3.63, 3.8) is 0 Å². The predicted octanol–water partition coefficient (Wildman–Crippen LogP) is 1.93. The summed E-state index contributed by atoms with van der Waals surface area (Å²) in [4.78, 5) is 0. The van der Waals surface area contributed by atoms with Gasteiger partial charge < -0.3 is 10.5 Å². The Morgan fingerprint density at radius 1 is 1.33 bits per heavy atom. The fraction of sp³-hybridized carbons (Fsp3) is 1.00. The molecule has 0 aromatic heterocycles. The van der Waals surface area contributed by atoms with Gasteiger partial charge in [0.2, 0.25) is 0 Å². The molecule has 1 atom stereocenters. The van der Waals surface area contributed by atoms with Crippen LogP contribution in [0.4, 0.5) is 0 Å². The van der Waals surface area contributed by atoms with Gasteiger partial charge in [-0.15, -0.1) is 0 Å². The van der Waals surface area contributed by atoms with Gasteiger partial charge in [-0.05, 0) is 38.5 Å². The summed E-state index contributed by atoms with van der Waals surface area (Å²) in [5.41, 5.74) is 5.61. The van der Waals surface area contributed by atoms with E-state index in [4.69, 9.17) is 10.5 Å². The van der Waals surface area contributed by atoms with Crippen molar-refractivity contribution in [3.8, 4) is 0 Å². The van der Waals surface area contributed by atoms with Gasteiger partial charge in [-0.25, -0.2) is 0 Å². The maximum absolute atomic E-state index is 5.67. The first kappa shape index (κ1) is 10.0. The molecule has 0 saturated heterocycles. The number of hydrogen-bond donors (Lipinski definition) is 1. The van der Waals surface area contributed by atoms with Crippen molar-refractivity contribution in [2.75, 3.05) is 6.61 Å². The molecular formula is C10H21NO. The highest BCUT2D eigenvalue weighted by Crippen LogP contribution is 2.25. The molecule has 2 nitrogen and oxygen atoms in total. The van der Waals surface area contributed by atoms with E-state index < -0.39 is 0 Å². The second-order valence-electron chi connectivity index (χ2n) is 4.19. The Morgan fingerprint density at radius 2 is 1.92 bits per heavy atom. The van der Waals surface area contributed by atoms with Crippen LogP contribution in [-0.4, -0.2) is 18.8 Å². The van der Waals surface area contributed by atoms with Gasteiger partial charge in [-0.2, -0.15) is 0 Å². The van der Waals surface area contributed by atoms with Gasteiger partial charge in [-0.1, -0.05) is 6.92 Å². The van der Waals surface area contributed by atoms with Gasteiger partial charge >= 0.3 is 0 Å². The fourth-order valence-corrected chi connectivity index (χ4v) is 1.68. The number of ether oxygens (including phenoxy) is 1. The summed E-state index contributed by atoms with van der Waals surface area (Å²) in [6.45, 7) is 5.03. The highest BCUT2D eigenvalue weighted by molar-refractivity contribution is 4.70. The topological polar surface area (TPSA) is 35.2 Å². The van der Waals surface area contributed by atoms with E-state index in [-0.39, 0.29) is 6.04 Å². The summed E-state index contributed by atoms with van der Waals surface area (Å²) in [5.74, 6) is 0.903. The van der Waals surface area contributed by atoms with Gasteiger partial charge in [0, 0.05) is 6.04 Å². The third-order valence-electron chi connectivity index (χ3n) is 2.56. The first-order valence-electron chi connectivity index (χ1n) is 5.05. The summed E-state index contributed by atoms with van der Waals surface area (Å²) >= 11 is 0. The minimum Gasteiger partial charge on any atom is -0.377 e. The van der Waals surface area contributed by atoms with Crippen LogP contribution in [0, 0.1) is 5.92 Å². The summed E-state index contributed by atoms with van der Waals surface area (Å²) < 4.78 is 5.67. The molecule has 0 bridgehead atoms. The Kier molecular flexibility index (Phi) is 4.02. The SMILES string of the molecule is CC(N)COC1CCC(C)CC1. The Hall–Kier alpha value is -0.0800. The maximum atomic E-state index is 5.67. The normalized spacial score (nSPS) is 33.2. The second kappa shape index (κ2) is 4.83. The van der Waals surface area contributed by atoms with Crippen LogP contribution in [0.2, 0.25) is 0 Å². The van der Waals surface area contributed by atoms with Crippen molar-refractivity contribution in [1.82, 2.24) is 0 Å². The third kappa shape index (κ3) is 3.55. The van der Waals surface area contributed by atoms with Crippen molar-refractivity contribution in [3.05, 3.63) is 0 Å². The molecule has 0 aromatic carbocycles. The lowest BCUT2D eigenvalue weighted by Gasteiger charge is -2.26. The molecule has 1 fully saturated rings. The van der Waals surface area contributed by atoms with Gasteiger partial charge in [0.15, 0.2) is 0 Å². The summed E-state index contributed by atoms with van der Waals surface area (Å²) in [7, 11) is 0. The second-order valence-corrected chi connectivity index (χ2v) is 4.19. The molecule has 1 unspecified atom stereocenters. The molecule has 0 aliphatic heterocycles. The Bertz CT molecular complexity index is 117. The Labute approximate surface area is 75.5 Å². The molecule has 0 heterocycles. The first-order chi connectivity index (χ1) is 5.68.